The summed E-state index contributed by atoms with van der Waals surface area (Å²) in [6, 6.07) is 12.1. The molecule has 3 rings (SSSR count). The summed E-state index contributed by atoms with van der Waals surface area (Å²) in [6.45, 7) is 0. The Hall–Kier alpha value is -2.57. The van der Waals surface area contributed by atoms with Crippen molar-refractivity contribution in [2.75, 3.05) is 0 Å². The van der Waals surface area contributed by atoms with Crippen LogP contribution in [0.1, 0.15) is 5.56 Å². The van der Waals surface area contributed by atoms with Crippen molar-refractivity contribution < 1.29 is 17.7 Å². The Balaban J connectivity index is 2.02. The van der Waals surface area contributed by atoms with Gasteiger partial charge in [0.05, 0.1) is 5.56 Å². The van der Waals surface area contributed by atoms with Gasteiger partial charge in [0.1, 0.15) is 7.85 Å². The summed E-state index contributed by atoms with van der Waals surface area (Å²) >= 11 is 0. The summed E-state index contributed by atoms with van der Waals surface area (Å²) in [7, 11) is 5.52. The molecule has 0 bridgehead atoms. The van der Waals surface area contributed by atoms with Gasteiger partial charge >= 0.3 is 6.18 Å². The summed E-state index contributed by atoms with van der Waals surface area (Å²) in [4.78, 5) is 4.11. The molecule has 0 unspecified atom stereocenters. The van der Waals surface area contributed by atoms with Gasteiger partial charge in [-0.15, -0.1) is 0 Å². The predicted octanol–water partition coefficient (Wildman–Crippen LogP) is 3.22. The molecule has 3 aromatic rings. The first-order chi connectivity index (χ1) is 10.4. The topological polar surface area (TPSA) is 38.9 Å². The van der Waals surface area contributed by atoms with Crippen molar-refractivity contribution in [1.82, 2.24) is 10.1 Å². The van der Waals surface area contributed by atoms with Crippen LogP contribution in [-0.2, 0) is 6.18 Å². The third-order valence-corrected chi connectivity index (χ3v) is 2.99. The van der Waals surface area contributed by atoms with Gasteiger partial charge in [0, 0.05) is 11.1 Å². The number of aromatic nitrogens is 2. The normalized spacial score (nSPS) is 11.6. The molecule has 2 aromatic carbocycles. The zero-order valence-electron chi connectivity index (χ0n) is 11.1. The van der Waals surface area contributed by atoms with Crippen LogP contribution in [0.25, 0.3) is 22.8 Å². The second kappa shape index (κ2) is 5.33. The molecule has 7 heteroatoms. The summed E-state index contributed by atoms with van der Waals surface area (Å²) in [5, 5.41) is 3.78. The molecule has 0 amide bonds. The number of alkyl halides is 3. The van der Waals surface area contributed by atoms with Gasteiger partial charge < -0.3 is 4.52 Å². The van der Waals surface area contributed by atoms with Crippen molar-refractivity contribution >= 4 is 13.3 Å². The van der Waals surface area contributed by atoms with Gasteiger partial charge in [0.15, 0.2) is 0 Å². The molecule has 0 atom stereocenters. The highest BCUT2D eigenvalue weighted by molar-refractivity contribution is 6.32. The van der Waals surface area contributed by atoms with Crippen molar-refractivity contribution in [2.24, 2.45) is 0 Å². The van der Waals surface area contributed by atoms with E-state index >= 15 is 0 Å². The number of benzene rings is 2. The zero-order chi connectivity index (χ0) is 15.7. The fourth-order valence-corrected chi connectivity index (χ4v) is 1.98. The van der Waals surface area contributed by atoms with Crippen LogP contribution in [0.2, 0.25) is 0 Å². The molecule has 108 valence electrons. The molecule has 1 aromatic heterocycles. The summed E-state index contributed by atoms with van der Waals surface area (Å²) in [6.07, 6.45) is -4.49. The van der Waals surface area contributed by atoms with E-state index < -0.39 is 11.7 Å². The molecule has 3 nitrogen and oxygen atoms in total. The fourth-order valence-electron chi connectivity index (χ4n) is 1.98. The Labute approximate surface area is 125 Å². The standard InChI is InChI=1S/C15H8BF3N2O/c16-12-7-10(6-11(8-12)15(17,18)19)14-20-13(21-22-14)9-4-2-1-3-5-9/h1-8H. The lowest BCUT2D eigenvalue weighted by molar-refractivity contribution is -0.137. The lowest BCUT2D eigenvalue weighted by Gasteiger charge is -2.08. The van der Waals surface area contributed by atoms with Crippen LogP contribution < -0.4 is 5.46 Å². The first-order valence-electron chi connectivity index (χ1n) is 6.31. The van der Waals surface area contributed by atoms with E-state index in [0.29, 0.717) is 11.4 Å². The molecule has 0 saturated carbocycles. The molecule has 2 radical (unpaired) electrons. The highest BCUT2D eigenvalue weighted by Gasteiger charge is 2.31. The minimum absolute atomic E-state index is 0.0170. The molecule has 0 N–H and O–H groups in total. The minimum atomic E-state index is -4.49. The van der Waals surface area contributed by atoms with Crippen LogP contribution in [0.15, 0.2) is 53.1 Å². The zero-order valence-corrected chi connectivity index (χ0v) is 11.1. The van der Waals surface area contributed by atoms with Crippen molar-refractivity contribution in [1.29, 1.82) is 0 Å². The maximum absolute atomic E-state index is 12.8. The third-order valence-electron chi connectivity index (χ3n) is 2.99. The van der Waals surface area contributed by atoms with E-state index in [1.54, 1.807) is 24.3 Å². The first-order valence-corrected chi connectivity index (χ1v) is 6.31. The second-order valence-electron chi connectivity index (χ2n) is 4.63. The molecule has 1 heterocycles. The lowest BCUT2D eigenvalue weighted by atomic mass is 9.92. The minimum Gasteiger partial charge on any atom is -0.334 e. The van der Waals surface area contributed by atoms with Gasteiger partial charge in [-0.2, -0.15) is 18.2 Å². The summed E-state index contributed by atoms with van der Waals surface area (Å²) in [5.74, 6) is 0.281. The first kappa shape index (κ1) is 14.4. The smallest absolute Gasteiger partial charge is 0.334 e. The Morgan fingerprint density at radius 2 is 1.68 bits per heavy atom. The number of halogens is 3. The second-order valence-corrected chi connectivity index (χ2v) is 4.63. The van der Waals surface area contributed by atoms with E-state index in [2.05, 4.69) is 10.1 Å². The molecular formula is C15H8BF3N2O. The average Bonchev–Trinajstić information content (AvgIpc) is 2.96. The van der Waals surface area contributed by atoms with Gasteiger partial charge in [0.2, 0.25) is 5.82 Å². The van der Waals surface area contributed by atoms with Crippen LogP contribution in [0, 0.1) is 0 Å². The van der Waals surface area contributed by atoms with Crippen molar-refractivity contribution in [2.45, 2.75) is 6.18 Å². The van der Waals surface area contributed by atoms with Crippen LogP contribution in [-0.4, -0.2) is 18.0 Å². The average molecular weight is 300 g/mol. The molecule has 0 aliphatic heterocycles. The van der Waals surface area contributed by atoms with Crippen LogP contribution in [0.4, 0.5) is 13.2 Å². The van der Waals surface area contributed by atoms with Crippen LogP contribution in [0.3, 0.4) is 0 Å². The highest BCUT2D eigenvalue weighted by Crippen LogP contribution is 2.31. The van der Waals surface area contributed by atoms with E-state index in [4.69, 9.17) is 12.4 Å². The largest absolute Gasteiger partial charge is 0.416 e. The van der Waals surface area contributed by atoms with E-state index in [9.17, 15) is 13.2 Å². The van der Waals surface area contributed by atoms with Crippen molar-refractivity contribution in [3.63, 3.8) is 0 Å². The maximum atomic E-state index is 12.8. The lowest BCUT2D eigenvalue weighted by Crippen LogP contribution is -2.11. The highest BCUT2D eigenvalue weighted by atomic mass is 19.4. The number of nitrogens with zero attached hydrogens (tertiary/aromatic N) is 2. The maximum Gasteiger partial charge on any atom is 0.416 e. The van der Waals surface area contributed by atoms with Gasteiger partial charge in [0.25, 0.3) is 5.89 Å². The van der Waals surface area contributed by atoms with Gasteiger partial charge in [-0.1, -0.05) is 53.1 Å². The molecular weight excluding hydrogens is 292 g/mol. The Kier molecular flexibility index (Phi) is 3.48. The molecule has 0 aliphatic rings. The summed E-state index contributed by atoms with van der Waals surface area (Å²) in [5.41, 5.74) is -0.0503. The number of hydrogen-bond acceptors (Lipinski definition) is 3. The molecule has 22 heavy (non-hydrogen) atoms. The SMILES string of the molecule is [B]c1cc(-c2nc(-c3ccccc3)no2)cc(C(F)(F)F)c1. The predicted molar refractivity (Wildman–Crippen MR) is 75.6 cm³/mol. The van der Waals surface area contributed by atoms with Crippen LogP contribution >= 0.6 is 0 Å². The Bertz CT molecular complexity index is 800. The third kappa shape index (κ3) is 2.88. The van der Waals surface area contributed by atoms with E-state index in [1.807, 2.05) is 6.07 Å². The Morgan fingerprint density at radius 1 is 0.955 bits per heavy atom. The molecule has 0 fully saturated rings. The molecule has 0 aliphatic carbocycles. The van der Waals surface area contributed by atoms with Gasteiger partial charge in [-0.25, -0.2) is 0 Å². The van der Waals surface area contributed by atoms with E-state index in [1.165, 1.54) is 6.07 Å². The van der Waals surface area contributed by atoms with Gasteiger partial charge in [-0.05, 0) is 6.07 Å². The van der Waals surface area contributed by atoms with E-state index in [-0.39, 0.29) is 16.9 Å². The van der Waals surface area contributed by atoms with E-state index in [0.717, 1.165) is 12.1 Å². The molecule has 0 saturated heterocycles. The number of hydrogen-bond donors (Lipinski definition) is 0. The number of rotatable bonds is 2. The van der Waals surface area contributed by atoms with Gasteiger partial charge in [-0.3, -0.25) is 0 Å². The van der Waals surface area contributed by atoms with Crippen molar-refractivity contribution in [3.05, 3.63) is 54.1 Å². The molecule has 0 spiro atoms. The fraction of sp³-hybridized carbons (Fsp3) is 0.0667. The monoisotopic (exact) mass is 300 g/mol. The van der Waals surface area contributed by atoms with Crippen LogP contribution in [0.5, 0.6) is 0 Å². The summed E-state index contributed by atoms with van der Waals surface area (Å²) < 4.78 is 43.5. The Morgan fingerprint density at radius 3 is 2.36 bits per heavy atom. The quantitative estimate of drug-likeness (QED) is 0.682. The van der Waals surface area contributed by atoms with Crippen molar-refractivity contribution in [3.8, 4) is 22.8 Å².